The van der Waals surface area contributed by atoms with Gasteiger partial charge in [0.1, 0.15) is 0 Å². The van der Waals surface area contributed by atoms with Crippen molar-refractivity contribution in [3.63, 3.8) is 0 Å². The summed E-state index contributed by atoms with van der Waals surface area (Å²) in [5.41, 5.74) is 3.53. The van der Waals surface area contributed by atoms with Crippen molar-refractivity contribution in [2.24, 2.45) is 5.92 Å². The Morgan fingerprint density at radius 3 is 2.94 bits per heavy atom. The molecule has 92 valence electrons. The van der Waals surface area contributed by atoms with Crippen LogP contribution in [0, 0.1) is 5.92 Å². The number of anilines is 2. The molecule has 3 heteroatoms. The second kappa shape index (κ2) is 4.78. The highest BCUT2D eigenvalue weighted by Gasteiger charge is 2.16. The van der Waals surface area contributed by atoms with E-state index in [1.165, 1.54) is 11.3 Å². The van der Waals surface area contributed by atoms with Crippen molar-refractivity contribution in [2.45, 2.75) is 26.7 Å². The number of fused-ring (bicyclic) bond motifs is 1. The van der Waals surface area contributed by atoms with Gasteiger partial charge in [0.15, 0.2) is 0 Å². The van der Waals surface area contributed by atoms with Crippen LogP contribution in [0.3, 0.4) is 0 Å². The first kappa shape index (κ1) is 12.0. The van der Waals surface area contributed by atoms with E-state index in [0.717, 1.165) is 18.7 Å². The van der Waals surface area contributed by atoms with Crippen LogP contribution < -0.4 is 10.2 Å². The van der Waals surface area contributed by atoms with Gasteiger partial charge in [0.2, 0.25) is 5.91 Å². The number of nitrogens with one attached hydrogen (secondary N) is 1. The van der Waals surface area contributed by atoms with Gasteiger partial charge in [0.05, 0.1) is 0 Å². The lowest BCUT2D eigenvalue weighted by molar-refractivity contribution is -0.116. The van der Waals surface area contributed by atoms with E-state index < -0.39 is 0 Å². The third-order valence-electron chi connectivity index (χ3n) is 3.08. The first-order chi connectivity index (χ1) is 8.06. The van der Waals surface area contributed by atoms with Gasteiger partial charge in [-0.1, -0.05) is 13.8 Å². The molecule has 0 atom stereocenters. The molecular weight excluding hydrogens is 212 g/mol. The molecule has 1 amide bonds. The molecule has 17 heavy (non-hydrogen) atoms. The molecule has 0 spiro atoms. The quantitative estimate of drug-likeness (QED) is 0.869. The van der Waals surface area contributed by atoms with Crippen LogP contribution in [0.2, 0.25) is 0 Å². The van der Waals surface area contributed by atoms with E-state index in [-0.39, 0.29) is 5.91 Å². The van der Waals surface area contributed by atoms with Crippen LogP contribution >= 0.6 is 0 Å². The molecular formula is C14H20N2O. The minimum Gasteiger partial charge on any atom is -0.374 e. The summed E-state index contributed by atoms with van der Waals surface area (Å²) in [7, 11) is 2.10. The first-order valence-corrected chi connectivity index (χ1v) is 6.20. The predicted molar refractivity (Wildman–Crippen MR) is 71.5 cm³/mol. The van der Waals surface area contributed by atoms with Gasteiger partial charge in [0, 0.05) is 31.4 Å². The number of carbonyl (C=O) groups is 1. The van der Waals surface area contributed by atoms with Gasteiger partial charge in [-0.3, -0.25) is 4.79 Å². The van der Waals surface area contributed by atoms with Gasteiger partial charge in [-0.05, 0) is 36.1 Å². The molecule has 1 aliphatic heterocycles. The third-order valence-corrected chi connectivity index (χ3v) is 3.08. The van der Waals surface area contributed by atoms with E-state index in [2.05, 4.69) is 43.2 Å². The normalized spacial score (nSPS) is 14.0. The number of carbonyl (C=O) groups excluding carboxylic acids is 1. The fourth-order valence-corrected chi connectivity index (χ4v) is 2.23. The fourth-order valence-electron chi connectivity index (χ4n) is 2.23. The second-order valence-corrected chi connectivity index (χ2v) is 5.16. The molecule has 0 radical (unpaired) electrons. The summed E-state index contributed by atoms with van der Waals surface area (Å²) >= 11 is 0. The van der Waals surface area contributed by atoms with Crippen molar-refractivity contribution in [3.8, 4) is 0 Å². The number of hydrogen-bond acceptors (Lipinski definition) is 2. The number of hydrogen-bond donors (Lipinski definition) is 1. The lowest BCUT2D eigenvalue weighted by atomic mass is 10.1. The molecule has 0 fully saturated rings. The fraction of sp³-hybridized carbons (Fsp3) is 0.500. The molecule has 1 N–H and O–H groups in total. The zero-order chi connectivity index (χ0) is 12.4. The highest BCUT2D eigenvalue weighted by atomic mass is 16.1. The standard InChI is InChI=1S/C14H20N2O/c1-10(2)8-14(17)15-12-4-5-13-11(9-12)6-7-16(13)3/h4-5,9-10H,6-8H2,1-3H3,(H,15,17). The van der Waals surface area contributed by atoms with E-state index in [4.69, 9.17) is 0 Å². The largest absolute Gasteiger partial charge is 0.374 e. The molecule has 0 aliphatic carbocycles. The second-order valence-electron chi connectivity index (χ2n) is 5.16. The molecule has 0 saturated carbocycles. The van der Waals surface area contributed by atoms with Gasteiger partial charge in [-0.2, -0.15) is 0 Å². The van der Waals surface area contributed by atoms with Gasteiger partial charge in [-0.15, -0.1) is 0 Å². The Labute approximate surface area is 103 Å². The molecule has 1 aliphatic rings. The Morgan fingerprint density at radius 2 is 2.24 bits per heavy atom. The maximum Gasteiger partial charge on any atom is 0.224 e. The molecule has 1 aromatic rings. The zero-order valence-corrected chi connectivity index (χ0v) is 10.8. The third kappa shape index (κ3) is 2.78. The number of rotatable bonds is 3. The van der Waals surface area contributed by atoms with Crippen LogP contribution in [0.25, 0.3) is 0 Å². The van der Waals surface area contributed by atoms with E-state index in [1.54, 1.807) is 0 Å². The van der Waals surface area contributed by atoms with Crippen LogP contribution in [-0.2, 0) is 11.2 Å². The zero-order valence-electron chi connectivity index (χ0n) is 10.8. The van der Waals surface area contributed by atoms with E-state index in [9.17, 15) is 4.79 Å². The molecule has 0 aromatic heterocycles. The van der Waals surface area contributed by atoms with Crippen molar-refractivity contribution >= 4 is 17.3 Å². The SMILES string of the molecule is CC(C)CC(=O)Nc1ccc2c(c1)CCN2C. The maximum absolute atomic E-state index is 11.7. The molecule has 3 nitrogen and oxygen atoms in total. The Bertz CT molecular complexity index is 426. The maximum atomic E-state index is 11.7. The molecule has 2 rings (SSSR count). The summed E-state index contributed by atoms with van der Waals surface area (Å²) in [5.74, 6) is 0.502. The average molecular weight is 232 g/mol. The first-order valence-electron chi connectivity index (χ1n) is 6.20. The summed E-state index contributed by atoms with van der Waals surface area (Å²) < 4.78 is 0. The van der Waals surface area contributed by atoms with Crippen molar-refractivity contribution in [3.05, 3.63) is 23.8 Å². The Balaban J connectivity index is 2.06. The van der Waals surface area contributed by atoms with Crippen molar-refractivity contribution in [1.29, 1.82) is 0 Å². The number of benzene rings is 1. The minimum absolute atomic E-state index is 0.103. The van der Waals surface area contributed by atoms with E-state index >= 15 is 0 Å². The highest BCUT2D eigenvalue weighted by Crippen LogP contribution is 2.29. The molecule has 0 unspecified atom stereocenters. The smallest absolute Gasteiger partial charge is 0.224 e. The van der Waals surface area contributed by atoms with E-state index in [0.29, 0.717) is 12.3 Å². The number of amides is 1. The van der Waals surface area contributed by atoms with E-state index in [1.807, 2.05) is 6.07 Å². The average Bonchev–Trinajstić information content (AvgIpc) is 2.58. The van der Waals surface area contributed by atoms with Gasteiger partial charge in [-0.25, -0.2) is 0 Å². The van der Waals surface area contributed by atoms with Gasteiger partial charge in [0.25, 0.3) is 0 Å². The Hall–Kier alpha value is -1.51. The summed E-state index contributed by atoms with van der Waals surface area (Å²) in [6.07, 6.45) is 1.65. The summed E-state index contributed by atoms with van der Waals surface area (Å²) in [5, 5.41) is 2.96. The number of nitrogens with zero attached hydrogens (tertiary/aromatic N) is 1. The lowest BCUT2D eigenvalue weighted by Gasteiger charge is -2.13. The van der Waals surface area contributed by atoms with Gasteiger partial charge >= 0.3 is 0 Å². The monoisotopic (exact) mass is 232 g/mol. The summed E-state index contributed by atoms with van der Waals surface area (Å²) in [6.45, 7) is 5.17. The number of likely N-dealkylation sites (N-methyl/N-ethyl adjacent to an activating group) is 1. The predicted octanol–water partition coefficient (Wildman–Crippen LogP) is 2.66. The van der Waals surface area contributed by atoms with Crippen molar-refractivity contribution in [2.75, 3.05) is 23.8 Å². The van der Waals surface area contributed by atoms with Crippen LogP contribution in [0.1, 0.15) is 25.8 Å². The Morgan fingerprint density at radius 1 is 1.47 bits per heavy atom. The van der Waals surface area contributed by atoms with Crippen LogP contribution in [0.5, 0.6) is 0 Å². The topological polar surface area (TPSA) is 32.3 Å². The molecule has 1 heterocycles. The minimum atomic E-state index is 0.103. The van der Waals surface area contributed by atoms with Gasteiger partial charge < -0.3 is 10.2 Å². The lowest BCUT2D eigenvalue weighted by Crippen LogP contribution is -2.14. The molecule has 1 aromatic carbocycles. The van der Waals surface area contributed by atoms with Crippen molar-refractivity contribution < 1.29 is 4.79 Å². The molecule has 0 bridgehead atoms. The highest BCUT2D eigenvalue weighted by molar-refractivity contribution is 5.91. The summed E-state index contributed by atoms with van der Waals surface area (Å²) in [4.78, 5) is 13.9. The summed E-state index contributed by atoms with van der Waals surface area (Å²) in [6, 6.07) is 6.17. The van der Waals surface area contributed by atoms with Crippen molar-refractivity contribution in [1.82, 2.24) is 0 Å². The molecule has 0 saturated heterocycles. The van der Waals surface area contributed by atoms with Crippen LogP contribution in [-0.4, -0.2) is 19.5 Å². The van der Waals surface area contributed by atoms with Crippen LogP contribution in [0.4, 0.5) is 11.4 Å². The Kier molecular flexibility index (Phi) is 3.36. The van der Waals surface area contributed by atoms with Crippen LogP contribution in [0.15, 0.2) is 18.2 Å².